The maximum absolute atomic E-state index is 11.6. The van der Waals surface area contributed by atoms with Gasteiger partial charge in [0.25, 0.3) is 0 Å². The molecule has 0 atom stereocenters. The van der Waals surface area contributed by atoms with Crippen LogP contribution in [0, 0.1) is 0 Å². The smallest absolute Gasteiger partial charge is 0.222 e. The molecular weight excluding hydrogens is 384 g/mol. The summed E-state index contributed by atoms with van der Waals surface area (Å²) in [5.74, 6) is 1.01. The van der Waals surface area contributed by atoms with Crippen molar-refractivity contribution in [3.63, 3.8) is 0 Å². The second kappa shape index (κ2) is 9.34. The van der Waals surface area contributed by atoms with Crippen LogP contribution in [0.15, 0.2) is 65.1 Å². The Bertz CT molecular complexity index is 970. The average molecular weight is 407 g/mol. The molecule has 148 valence electrons. The zero-order chi connectivity index (χ0) is 19.9. The summed E-state index contributed by atoms with van der Waals surface area (Å²) in [6.45, 7) is 2.00. The second-order valence-electron chi connectivity index (χ2n) is 6.68. The Kier molecular flexibility index (Phi) is 6.16. The first-order valence-corrected chi connectivity index (χ1v) is 10.5. The quantitative estimate of drug-likeness (QED) is 0.448. The van der Waals surface area contributed by atoms with Crippen molar-refractivity contribution in [1.29, 1.82) is 0 Å². The molecule has 29 heavy (non-hydrogen) atoms. The molecule has 2 heterocycles. The number of benzene rings is 2. The highest BCUT2D eigenvalue weighted by Gasteiger charge is 2.19. The molecule has 1 aliphatic rings. The molecule has 4 rings (SSSR count). The number of carbonyl (C=O) groups excluding carboxylic acids is 1. The van der Waals surface area contributed by atoms with Gasteiger partial charge in [0.05, 0.1) is 18.5 Å². The van der Waals surface area contributed by atoms with Crippen LogP contribution < -0.4 is 10.2 Å². The van der Waals surface area contributed by atoms with Crippen molar-refractivity contribution in [2.45, 2.75) is 12.8 Å². The van der Waals surface area contributed by atoms with E-state index >= 15 is 0 Å². The van der Waals surface area contributed by atoms with E-state index in [-0.39, 0.29) is 5.91 Å². The zero-order valence-electron chi connectivity index (χ0n) is 16.0. The molecule has 0 bridgehead atoms. The number of carbonyl (C=O) groups is 1. The summed E-state index contributed by atoms with van der Waals surface area (Å²) in [5, 5.41) is 7.01. The average Bonchev–Trinajstić information content (AvgIpc) is 3.39. The largest absolute Gasteiger partial charge is 0.492 e. The number of likely N-dealkylation sites (tertiary alicyclic amines) is 1. The molecule has 7 heteroatoms. The molecule has 1 N–H and O–H groups in total. The molecule has 2 aromatic carbocycles. The van der Waals surface area contributed by atoms with Crippen LogP contribution in [0.1, 0.15) is 18.4 Å². The van der Waals surface area contributed by atoms with E-state index in [0.29, 0.717) is 19.6 Å². The molecule has 1 aromatic heterocycles. The minimum Gasteiger partial charge on any atom is -0.492 e. The Hall–Kier alpha value is -3.19. The van der Waals surface area contributed by atoms with Gasteiger partial charge in [-0.3, -0.25) is 10.2 Å². The van der Waals surface area contributed by atoms with Crippen LogP contribution >= 0.6 is 11.3 Å². The van der Waals surface area contributed by atoms with Gasteiger partial charge in [0.15, 0.2) is 0 Å². The van der Waals surface area contributed by atoms with Gasteiger partial charge in [-0.15, -0.1) is 11.3 Å². The van der Waals surface area contributed by atoms with Gasteiger partial charge in [0.1, 0.15) is 12.4 Å². The molecule has 0 unspecified atom stereocenters. The Morgan fingerprint density at radius 3 is 2.76 bits per heavy atom. The third-order valence-corrected chi connectivity index (χ3v) is 5.38. The molecule has 1 fully saturated rings. The van der Waals surface area contributed by atoms with Gasteiger partial charge in [-0.05, 0) is 36.2 Å². The number of thiazole rings is 1. The first kappa shape index (κ1) is 19.1. The fraction of sp³-hybridized carbons (Fsp3) is 0.227. The molecule has 0 aliphatic carbocycles. The first-order valence-electron chi connectivity index (χ1n) is 9.58. The van der Waals surface area contributed by atoms with Crippen LogP contribution in [0.3, 0.4) is 0 Å². The summed E-state index contributed by atoms with van der Waals surface area (Å²) in [5.41, 5.74) is 5.96. The normalized spacial score (nSPS) is 13.9. The number of nitrogens with zero attached hydrogens (tertiary/aromatic N) is 3. The minimum atomic E-state index is 0.226. The summed E-state index contributed by atoms with van der Waals surface area (Å²) in [4.78, 5) is 18.0. The SMILES string of the molecule is O=C1CCCN1CCOc1ccc(C=NNc2nc(-c3ccccc3)cs2)cc1. The third-order valence-electron chi connectivity index (χ3n) is 4.63. The number of amides is 1. The van der Waals surface area contributed by atoms with Gasteiger partial charge >= 0.3 is 0 Å². The van der Waals surface area contributed by atoms with E-state index in [2.05, 4.69) is 15.5 Å². The van der Waals surface area contributed by atoms with Crippen LogP contribution in [-0.2, 0) is 4.79 Å². The molecule has 0 spiro atoms. The van der Waals surface area contributed by atoms with Crippen molar-refractivity contribution in [2.24, 2.45) is 5.10 Å². The van der Waals surface area contributed by atoms with E-state index in [1.54, 1.807) is 6.21 Å². The van der Waals surface area contributed by atoms with Gasteiger partial charge in [-0.2, -0.15) is 5.10 Å². The number of aromatic nitrogens is 1. The lowest BCUT2D eigenvalue weighted by molar-refractivity contribution is -0.128. The summed E-state index contributed by atoms with van der Waals surface area (Å²) < 4.78 is 5.73. The van der Waals surface area contributed by atoms with Crippen molar-refractivity contribution in [2.75, 3.05) is 25.1 Å². The van der Waals surface area contributed by atoms with Crippen molar-refractivity contribution in [1.82, 2.24) is 9.88 Å². The summed E-state index contributed by atoms with van der Waals surface area (Å²) in [6.07, 6.45) is 3.36. The number of anilines is 1. The number of rotatable bonds is 8. The molecule has 1 saturated heterocycles. The molecule has 6 nitrogen and oxygen atoms in total. The number of hydrazone groups is 1. The van der Waals surface area contributed by atoms with Gasteiger partial charge in [-0.25, -0.2) is 4.98 Å². The highest BCUT2D eigenvalue weighted by atomic mass is 32.1. The molecule has 1 aliphatic heterocycles. The monoisotopic (exact) mass is 406 g/mol. The highest BCUT2D eigenvalue weighted by Crippen LogP contribution is 2.24. The van der Waals surface area contributed by atoms with E-state index in [9.17, 15) is 4.79 Å². The van der Waals surface area contributed by atoms with Crippen LogP contribution in [0.2, 0.25) is 0 Å². The van der Waals surface area contributed by atoms with E-state index in [4.69, 9.17) is 4.74 Å². The Labute approximate surface area is 173 Å². The number of nitrogens with one attached hydrogen (secondary N) is 1. The summed E-state index contributed by atoms with van der Waals surface area (Å²) in [6, 6.07) is 17.8. The number of hydrogen-bond donors (Lipinski definition) is 1. The van der Waals surface area contributed by atoms with Gasteiger partial charge in [0.2, 0.25) is 11.0 Å². The fourth-order valence-corrected chi connectivity index (χ4v) is 3.76. The van der Waals surface area contributed by atoms with Crippen LogP contribution in [0.4, 0.5) is 5.13 Å². The molecule has 3 aromatic rings. The molecule has 1 amide bonds. The first-order chi connectivity index (χ1) is 14.3. The summed E-state index contributed by atoms with van der Waals surface area (Å²) in [7, 11) is 0. The van der Waals surface area contributed by atoms with Gasteiger partial charge in [0, 0.05) is 23.9 Å². The van der Waals surface area contributed by atoms with E-state index in [1.165, 1.54) is 11.3 Å². The van der Waals surface area contributed by atoms with Crippen molar-refractivity contribution in [3.05, 3.63) is 65.5 Å². The summed E-state index contributed by atoms with van der Waals surface area (Å²) >= 11 is 1.52. The standard InChI is InChI=1S/C22H22N4O2S/c27-21-7-4-12-26(21)13-14-28-19-10-8-17(9-11-19)15-23-25-22-24-20(16-29-22)18-5-2-1-3-6-18/h1-3,5-6,8-11,15-16H,4,7,12-14H2,(H,24,25). The lowest BCUT2D eigenvalue weighted by Gasteiger charge is -2.15. The maximum Gasteiger partial charge on any atom is 0.222 e. The Balaban J connectivity index is 1.25. The van der Waals surface area contributed by atoms with E-state index in [1.807, 2.05) is 64.9 Å². The predicted octanol–water partition coefficient (Wildman–Crippen LogP) is 4.26. The fourth-order valence-electron chi connectivity index (χ4n) is 3.09. The number of ether oxygens (including phenoxy) is 1. The Morgan fingerprint density at radius 1 is 1.17 bits per heavy atom. The topological polar surface area (TPSA) is 66.8 Å². The molecular formula is C22H22N4O2S. The molecule has 0 saturated carbocycles. The lowest BCUT2D eigenvalue weighted by Crippen LogP contribution is -2.29. The lowest BCUT2D eigenvalue weighted by atomic mass is 10.2. The van der Waals surface area contributed by atoms with Crippen molar-refractivity contribution >= 4 is 28.6 Å². The molecule has 0 radical (unpaired) electrons. The van der Waals surface area contributed by atoms with Crippen LogP contribution in [-0.4, -0.2) is 41.7 Å². The van der Waals surface area contributed by atoms with E-state index < -0.39 is 0 Å². The third kappa shape index (κ3) is 5.20. The van der Waals surface area contributed by atoms with Gasteiger partial charge < -0.3 is 9.64 Å². The van der Waals surface area contributed by atoms with Crippen LogP contribution in [0.25, 0.3) is 11.3 Å². The van der Waals surface area contributed by atoms with Crippen molar-refractivity contribution < 1.29 is 9.53 Å². The minimum absolute atomic E-state index is 0.226. The highest BCUT2D eigenvalue weighted by molar-refractivity contribution is 7.14. The maximum atomic E-state index is 11.6. The van der Waals surface area contributed by atoms with Crippen LogP contribution in [0.5, 0.6) is 5.75 Å². The van der Waals surface area contributed by atoms with E-state index in [0.717, 1.165) is 40.7 Å². The van der Waals surface area contributed by atoms with Crippen molar-refractivity contribution in [3.8, 4) is 17.0 Å². The second-order valence-corrected chi connectivity index (χ2v) is 7.53. The van der Waals surface area contributed by atoms with Gasteiger partial charge in [-0.1, -0.05) is 30.3 Å². The number of hydrogen-bond acceptors (Lipinski definition) is 6. The predicted molar refractivity (Wildman–Crippen MR) is 117 cm³/mol. The Morgan fingerprint density at radius 2 is 2.00 bits per heavy atom. The zero-order valence-corrected chi connectivity index (χ0v) is 16.8.